The van der Waals surface area contributed by atoms with Crippen LogP contribution in [0, 0.1) is 17.0 Å². The molecular formula is C26H18N2O2. The predicted molar refractivity (Wildman–Crippen MR) is 122 cm³/mol. The summed E-state index contributed by atoms with van der Waals surface area (Å²) in [6, 6.07) is 29.5. The zero-order chi connectivity index (χ0) is 20.7. The van der Waals surface area contributed by atoms with Gasteiger partial charge in [0.15, 0.2) is 0 Å². The van der Waals surface area contributed by atoms with E-state index in [4.69, 9.17) is 4.98 Å². The third-order valence-corrected chi connectivity index (χ3v) is 5.41. The van der Waals surface area contributed by atoms with Crippen LogP contribution in [-0.4, -0.2) is 9.91 Å². The van der Waals surface area contributed by atoms with Crippen molar-refractivity contribution in [3.05, 3.63) is 107 Å². The van der Waals surface area contributed by atoms with Gasteiger partial charge in [0.1, 0.15) is 0 Å². The highest BCUT2D eigenvalue weighted by Gasteiger charge is 2.14. The number of nitro groups is 1. The van der Waals surface area contributed by atoms with Crippen LogP contribution in [0.5, 0.6) is 0 Å². The maximum atomic E-state index is 11.2. The quantitative estimate of drug-likeness (QED) is 0.190. The average molecular weight is 390 g/mol. The maximum Gasteiger partial charge on any atom is 0.270 e. The molecule has 0 saturated carbocycles. The van der Waals surface area contributed by atoms with Crippen LogP contribution in [0.2, 0.25) is 0 Å². The first kappa shape index (κ1) is 18.0. The number of nitrogens with zero attached hydrogens (tertiary/aromatic N) is 2. The number of benzene rings is 4. The molecule has 0 N–H and O–H groups in total. The third-order valence-electron chi connectivity index (χ3n) is 5.41. The first-order chi connectivity index (χ1) is 14.6. The van der Waals surface area contributed by atoms with Gasteiger partial charge in [-0.2, -0.15) is 0 Å². The fraction of sp³-hybridized carbons (Fsp3) is 0.0385. The van der Waals surface area contributed by atoms with Gasteiger partial charge >= 0.3 is 0 Å². The monoisotopic (exact) mass is 390 g/mol. The Balaban J connectivity index is 1.85. The number of hydrogen-bond donors (Lipinski definition) is 0. The Morgan fingerprint density at radius 2 is 1.60 bits per heavy atom. The Labute approximate surface area is 173 Å². The van der Waals surface area contributed by atoms with E-state index in [1.165, 1.54) is 11.6 Å². The molecule has 0 saturated heterocycles. The van der Waals surface area contributed by atoms with E-state index in [0.29, 0.717) is 0 Å². The van der Waals surface area contributed by atoms with Crippen LogP contribution < -0.4 is 0 Å². The Kier molecular flexibility index (Phi) is 4.25. The highest BCUT2D eigenvalue weighted by atomic mass is 16.6. The number of nitro benzene ring substituents is 1. The molecule has 0 atom stereocenters. The van der Waals surface area contributed by atoms with Gasteiger partial charge in [0.25, 0.3) is 5.69 Å². The number of rotatable bonds is 3. The van der Waals surface area contributed by atoms with Crippen molar-refractivity contribution in [3.63, 3.8) is 0 Å². The number of pyridine rings is 1. The summed E-state index contributed by atoms with van der Waals surface area (Å²) >= 11 is 0. The summed E-state index contributed by atoms with van der Waals surface area (Å²) in [4.78, 5) is 15.7. The van der Waals surface area contributed by atoms with Gasteiger partial charge in [0.05, 0.1) is 16.1 Å². The minimum Gasteiger partial charge on any atom is -0.258 e. The zero-order valence-corrected chi connectivity index (χ0v) is 16.4. The van der Waals surface area contributed by atoms with Gasteiger partial charge in [-0.15, -0.1) is 0 Å². The lowest BCUT2D eigenvalue weighted by Crippen LogP contribution is -1.93. The van der Waals surface area contributed by atoms with Gasteiger partial charge in [-0.25, -0.2) is 4.98 Å². The van der Waals surface area contributed by atoms with Crippen LogP contribution in [0.25, 0.3) is 44.1 Å². The predicted octanol–water partition coefficient (Wildman–Crippen LogP) is 6.94. The van der Waals surface area contributed by atoms with Crippen molar-refractivity contribution in [3.8, 4) is 22.4 Å². The molecule has 5 aromatic rings. The molecule has 0 radical (unpaired) electrons. The fourth-order valence-corrected chi connectivity index (χ4v) is 3.89. The summed E-state index contributed by atoms with van der Waals surface area (Å²) in [7, 11) is 0. The minimum absolute atomic E-state index is 0.0600. The Bertz CT molecular complexity index is 1420. The van der Waals surface area contributed by atoms with E-state index in [-0.39, 0.29) is 10.6 Å². The summed E-state index contributed by atoms with van der Waals surface area (Å²) in [6.07, 6.45) is 0. The Morgan fingerprint density at radius 1 is 0.800 bits per heavy atom. The number of aryl methyl sites for hydroxylation is 1. The smallest absolute Gasteiger partial charge is 0.258 e. The fourth-order valence-electron chi connectivity index (χ4n) is 3.89. The van der Waals surface area contributed by atoms with Crippen LogP contribution in [0.4, 0.5) is 5.69 Å². The first-order valence-electron chi connectivity index (χ1n) is 9.74. The second-order valence-electron chi connectivity index (χ2n) is 7.41. The van der Waals surface area contributed by atoms with Gasteiger partial charge < -0.3 is 0 Å². The summed E-state index contributed by atoms with van der Waals surface area (Å²) in [5.41, 5.74) is 5.73. The Morgan fingerprint density at radius 3 is 2.40 bits per heavy atom. The molecule has 0 unspecified atom stereocenters. The molecular weight excluding hydrogens is 372 g/mol. The van der Waals surface area contributed by atoms with Gasteiger partial charge in [0.2, 0.25) is 0 Å². The van der Waals surface area contributed by atoms with Crippen molar-refractivity contribution in [2.24, 2.45) is 0 Å². The van der Waals surface area contributed by atoms with E-state index in [1.54, 1.807) is 12.1 Å². The van der Waals surface area contributed by atoms with Crippen molar-refractivity contribution in [1.29, 1.82) is 0 Å². The summed E-state index contributed by atoms with van der Waals surface area (Å²) < 4.78 is 0. The normalized spacial score (nSPS) is 11.1. The van der Waals surface area contributed by atoms with Crippen LogP contribution >= 0.6 is 0 Å². The summed E-state index contributed by atoms with van der Waals surface area (Å²) in [5, 5.41) is 14.6. The highest BCUT2D eigenvalue weighted by molar-refractivity contribution is 6.13. The SMILES string of the molecule is Cc1ccc(-c2cc(-c3cccc([N+](=O)[O-])c3)nc3ccc4ccccc4c23)cc1. The van der Waals surface area contributed by atoms with Crippen molar-refractivity contribution >= 4 is 27.4 Å². The van der Waals surface area contributed by atoms with Gasteiger partial charge in [0, 0.05) is 23.1 Å². The molecule has 4 nitrogen and oxygen atoms in total. The second-order valence-corrected chi connectivity index (χ2v) is 7.41. The number of non-ortho nitro benzene ring substituents is 1. The molecule has 144 valence electrons. The Hall–Kier alpha value is -4.05. The lowest BCUT2D eigenvalue weighted by Gasteiger charge is -2.13. The van der Waals surface area contributed by atoms with E-state index < -0.39 is 0 Å². The van der Waals surface area contributed by atoms with Crippen LogP contribution in [0.1, 0.15) is 5.56 Å². The van der Waals surface area contributed by atoms with Gasteiger partial charge in [-0.3, -0.25) is 10.1 Å². The molecule has 4 heteroatoms. The van der Waals surface area contributed by atoms with E-state index >= 15 is 0 Å². The molecule has 0 aliphatic heterocycles. The molecule has 5 rings (SSSR count). The molecule has 4 aromatic carbocycles. The summed E-state index contributed by atoms with van der Waals surface area (Å²) in [6.45, 7) is 2.07. The van der Waals surface area contributed by atoms with Crippen molar-refractivity contribution < 1.29 is 4.92 Å². The highest BCUT2D eigenvalue weighted by Crippen LogP contribution is 2.37. The molecule has 30 heavy (non-hydrogen) atoms. The van der Waals surface area contributed by atoms with Crippen LogP contribution in [-0.2, 0) is 0 Å². The molecule has 0 bridgehead atoms. The number of hydrogen-bond acceptors (Lipinski definition) is 3. The first-order valence-corrected chi connectivity index (χ1v) is 9.74. The second kappa shape index (κ2) is 7.08. The maximum absolute atomic E-state index is 11.2. The number of aromatic nitrogens is 1. The topological polar surface area (TPSA) is 56.0 Å². The van der Waals surface area contributed by atoms with Gasteiger partial charge in [-0.05, 0) is 41.0 Å². The van der Waals surface area contributed by atoms with E-state index in [0.717, 1.165) is 44.1 Å². The van der Waals surface area contributed by atoms with E-state index in [1.807, 2.05) is 30.3 Å². The number of fused-ring (bicyclic) bond motifs is 3. The molecule has 0 spiro atoms. The average Bonchev–Trinajstić information content (AvgIpc) is 2.78. The molecule has 0 aliphatic rings. The van der Waals surface area contributed by atoms with Crippen molar-refractivity contribution in [1.82, 2.24) is 4.98 Å². The zero-order valence-electron chi connectivity index (χ0n) is 16.4. The van der Waals surface area contributed by atoms with Crippen molar-refractivity contribution in [2.45, 2.75) is 6.92 Å². The van der Waals surface area contributed by atoms with E-state index in [2.05, 4.69) is 49.4 Å². The van der Waals surface area contributed by atoms with Crippen LogP contribution in [0.3, 0.4) is 0 Å². The molecule has 1 aromatic heterocycles. The largest absolute Gasteiger partial charge is 0.270 e. The third kappa shape index (κ3) is 3.08. The lowest BCUT2D eigenvalue weighted by atomic mass is 9.94. The summed E-state index contributed by atoms with van der Waals surface area (Å²) in [5.74, 6) is 0. The van der Waals surface area contributed by atoms with E-state index in [9.17, 15) is 10.1 Å². The van der Waals surface area contributed by atoms with Crippen molar-refractivity contribution in [2.75, 3.05) is 0 Å². The minimum atomic E-state index is -0.376. The lowest BCUT2D eigenvalue weighted by molar-refractivity contribution is -0.384. The van der Waals surface area contributed by atoms with Crippen LogP contribution in [0.15, 0.2) is 91.0 Å². The van der Waals surface area contributed by atoms with Gasteiger partial charge in [-0.1, -0.05) is 72.3 Å². The molecule has 0 aliphatic carbocycles. The molecule has 0 fully saturated rings. The molecule has 0 amide bonds. The standard InChI is InChI=1S/C26H18N2O2/c1-17-9-11-19(12-10-17)23-16-25(20-6-4-7-21(15-20)28(29)30)27-24-14-13-18-5-2-3-8-22(18)26(23)24/h2-16H,1H3. The molecule has 1 heterocycles.